The zero-order chi connectivity index (χ0) is 23.5. The normalized spacial score (nSPS) is 15.6. The summed E-state index contributed by atoms with van der Waals surface area (Å²) in [7, 11) is 0. The Bertz CT molecular complexity index is 1330. The Kier molecular flexibility index (Phi) is 6.03. The van der Waals surface area contributed by atoms with Crippen LogP contribution in [0.1, 0.15) is 47.1 Å². The van der Waals surface area contributed by atoms with E-state index in [1.807, 2.05) is 58.9 Å². The lowest BCUT2D eigenvalue weighted by atomic mass is 10.1. The molecule has 1 aliphatic rings. The topological polar surface area (TPSA) is 93.0 Å². The first kappa shape index (κ1) is 21.8. The molecular weight excluding hydrogens is 428 g/mol. The first-order valence-corrected chi connectivity index (χ1v) is 11.5. The number of fused-ring (bicyclic) bond motifs is 1. The fourth-order valence-electron chi connectivity index (χ4n) is 4.41. The summed E-state index contributed by atoms with van der Waals surface area (Å²) in [6.07, 6.45) is 5.61. The van der Waals surface area contributed by atoms with Crippen LogP contribution in [-0.2, 0) is 11.3 Å². The number of hydrogen-bond acceptors (Lipinski definition) is 5. The highest BCUT2D eigenvalue weighted by Crippen LogP contribution is 2.31. The molecule has 172 valence electrons. The van der Waals surface area contributed by atoms with Crippen molar-refractivity contribution in [3.63, 3.8) is 0 Å². The van der Waals surface area contributed by atoms with Crippen LogP contribution in [0.5, 0.6) is 0 Å². The number of pyridine rings is 2. The molecule has 4 aromatic rings. The van der Waals surface area contributed by atoms with Gasteiger partial charge in [-0.3, -0.25) is 9.59 Å². The molecule has 0 bridgehead atoms. The number of benzene rings is 1. The number of aryl methyl sites for hydroxylation is 2. The smallest absolute Gasteiger partial charge is 0.275 e. The zero-order valence-electron chi connectivity index (χ0n) is 19.0. The molecule has 0 spiro atoms. The Morgan fingerprint density at radius 2 is 1.94 bits per heavy atom. The summed E-state index contributed by atoms with van der Waals surface area (Å²) in [6.45, 7) is 3.21. The monoisotopic (exact) mass is 454 g/mol. The van der Waals surface area contributed by atoms with Crippen LogP contribution in [0, 0.1) is 6.92 Å². The van der Waals surface area contributed by atoms with Gasteiger partial charge in [0.15, 0.2) is 0 Å². The number of carbonyl (C=O) groups excluding carboxylic acids is 2. The molecule has 4 heterocycles. The Hall–Kier alpha value is -4.07. The van der Waals surface area contributed by atoms with Crippen LogP contribution in [0.2, 0.25) is 0 Å². The van der Waals surface area contributed by atoms with Crippen molar-refractivity contribution in [1.82, 2.24) is 24.4 Å². The molecule has 3 aromatic heterocycles. The van der Waals surface area contributed by atoms with E-state index in [0.29, 0.717) is 31.0 Å². The summed E-state index contributed by atoms with van der Waals surface area (Å²) in [6, 6.07) is 16.8. The van der Waals surface area contributed by atoms with Crippen LogP contribution in [0.4, 0.5) is 5.82 Å². The van der Waals surface area contributed by atoms with Crippen LogP contribution in [0.15, 0.2) is 67.1 Å². The third-order valence-corrected chi connectivity index (χ3v) is 6.16. The highest BCUT2D eigenvalue weighted by Gasteiger charge is 2.31. The van der Waals surface area contributed by atoms with E-state index in [0.717, 1.165) is 35.1 Å². The SMILES string of the molecule is Cc1ccc(NC(=O)c2cccc([C@@H]3CCCN3C(=O)CCn3cnc4ccccc43)n2)nc1. The number of nitrogens with one attached hydrogen (secondary N) is 1. The van der Waals surface area contributed by atoms with Gasteiger partial charge >= 0.3 is 0 Å². The van der Waals surface area contributed by atoms with Gasteiger partial charge in [0.25, 0.3) is 5.91 Å². The summed E-state index contributed by atoms with van der Waals surface area (Å²) in [5.41, 5.74) is 4.02. The zero-order valence-corrected chi connectivity index (χ0v) is 19.0. The van der Waals surface area contributed by atoms with Gasteiger partial charge in [-0.05, 0) is 55.7 Å². The van der Waals surface area contributed by atoms with E-state index in [1.54, 1.807) is 24.7 Å². The minimum atomic E-state index is -0.318. The van der Waals surface area contributed by atoms with E-state index < -0.39 is 0 Å². The second-order valence-corrected chi connectivity index (χ2v) is 8.54. The fourth-order valence-corrected chi connectivity index (χ4v) is 4.41. The van der Waals surface area contributed by atoms with Gasteiger partial charge in [0.05, 0.1) is 29.1 Å². The van der Waals surface area contributed by atoms with Crippen LogP contribution >= 0.6 is 0 Å². The minimum Gasteiger partial charge on any atom is -0.334 e. The molecule has 0 unspecified atom stereocenters. The number of amides is 2. The summed E-state index contributed by atoms with van der Waals surface area (Å²) in [4.78, 5) is 41.0. The number of para-hydroxylation sites is 2. The average molecular weight is 455 g/mol. The van der Waals surface area contributed by atoms with Crippen molar-refractivity contribution in [3.05, 3.63) is 84.1 Å². The summed E-state index contributed by atoms with van der Waals surface area (Å²) >= 11 is 0. The molecule has 8 heteroatoms. The maximum Gasteiger partial charge on any atom is 0.275 e. The Labute approximate surface area is 197 Å². The minimum absolute atomic E-state index is 0.0841. The number of aromatic nitrogens is 4. The second-order valence-electron chi connectivity index (χ2n) is 8.54. The lowest BCUT2D eigenvalue weighted by Crippen LogP contribution is -2.31. The van der Waals surface area contributed by atoms with E-state index in [9.17, 15) is 9.59 Å². The summed E-state index contributed by atoms with van der Waals surface area (Å²) in [5, 5.41) is 2.79. The number of carbonyl (C=O) groups is 2. The quantitative estimate of drug-likeness (QED) is 0.473. The molecule has 1 aliphatic heterocycles. The molecule has 0 saturated carbocycles. The van der Waals surface area contributed by atoms with E-state index in [-0.39, 0.29) is 17.9 Å². The van der Waals surface area contributed by atoms with Gasteiger partial charge in [0.1, 0.15) is 11.5 Å². The number of rotatable bonds is 6. The van der Waals surface area contributed by atoms with Crippen LogP contribution in [0.25, 0.3) is 11.0 Å². The highest BCUT2D eigenvalue weighted by molar-refractivity contribution is 6.02. The molecule has 8 nitrogen and oxygen atoms in total. The van der Waals surface area contributed by atoms with Crippen LogP contribution in [0.3, 0.4) is 0 Å². The molecule has 1 atom stereocenters. The first-order chi connectivity index (χ1) is 16.6. The lowest BCUT2D eigenvalue weighted by Gasteiger charge is -2.25. The number of likely N-dealkylation sites (tertiary alicyclic amines) is 1. The summed E-state index contributed by atoms with van der Waals surface area (Å²) in [5.74, 6) is 0.245. The fraction of sp³-hybridized carbons (Fsp3) is 0.269. The average Bonchev–Trinajstić information content (AvgIpc) is 3.52. The lowest BCUT2D eigenvalue weighted by molar-refractivity contribution is -0.132. The van der Waals surface area contributed by atoms with Crippen LogP contribution in [-0.4, -0.2) is 42.8 Å². The highest BCUT2D eigenvalue weighted by atomic mass is 16.2. The molecule has 1 N–H and O–H groups in total. The van der Waals surface area contributed by atoms with Crippen molar-refractivity contribution in [2.45, 2.75) is 38.8 Å². The van der Waals surface area contributed by atoms with Gasteiger partial charge in [-0.15, -0.1) is 0 Å². The van der Waals surface area contributed by atoms with E-state index in [4.69, 9.17) is 0 Å². The van der Waals surface area contributed by atoms with E-state index >= 15 is 0 Å². The van der Waals surface area contributed by atoms with Gasteiger partial charge in [-0.2, -0.15) is 0 Å². The van der Waals surface area contributed by atoms with Crippen LogP contribution < -0.4 is 5.32 Å². The van der Waals surface area contributed by atoms with Gasteiger partial charge in [0, 0.05) is 25.7 Å². The van der Waals surface area contributed by atoms with Crippen molar-refractivity contribution < 1.29 is 9.59 Å². The van der Waals surface area contributed by atoms with Crippen molar-refractivity contribution in [2.75, 3.05) is 11.9 Å². The van der Waals surface area contributed by atoms with Gasteiger partial charge in [0.2, 0.25) is 5.91 Å². The maximum atomic E-state index is 13.1. The van der Waals surface area contributed by atoms with Crippen molar-refractivity contribution in [3.8, 4) is 0 Å². The standard InChI is InChI=1S/C26H26N6O2/c1-18-11-12-24(27-16-18)30-26(34)21-8-4-7-20(29-21)23-10-5-14-32(23)25(33)13-15-31-17-28-19-6-2-3-9-22(19)31/h2-4,6-9,11-12,16-17,23H,5,10,13-15H2,1H3,(H,27,30,34)/t23-/m0/s1. The van der Waals surface area contributed by atoms with E-state index in [2.05, 4.69) is 20.3 Å². The first-order valence-electron chi connectivity index (χ1n) is 11.5. The Morgan fingerprint density at radius 3 is 2.79 bits per heavy atom. The third kappa shape index (κ3) is 4.52. The van der Waals surface area contributed by atoms with Gasteiger partial charge in [-0.1, -0.05) is 24.3 Å². The molecule has 34 heavy (non-hydrogen) atoms. The molecule has 1 fully saturated rings. The van der Waals surface area contributed by atoms with E-state index in [1.165, 1.54) is 0 Å². The summed E-state index contributed by atoms with van der Waals surface area (Å²) < 4.78 is 2.01. The number of imidazole rings is 1. The predicted octanol–water partition coefficient (Wildman–Crippen LogP) is 4.14. The molecule has 2 amide bonds. The molecule has 5 rings (SSSR count). The number of hydrogen-bond donors (Lipinski definition) is 1. The molecule has 0 aliphatic carbocycles. The predicted molar refractivity (Wildman–Crippen MR) is 129 cm³/mol. The van der Waals surface area contributed by atoms with Crippen molar-refractivity contribution >= 4 is 28.7 Å². The Morgan fingerprint density at radius 1 is 1.06 bits per heavy atom. The number of anilines is 1. The Balaban J connectivity index is 1.27. The second kappa shape index (κ2) is 9.43. The molecule has 1 saturated heterocycles. The maximum absolute atomic E-state index is 13.1. The van der Waals surface area contributed by atoms with Gasteiger partial charge < -0.3 is 14.8 Å². The number of nitrogens with zero attached hydrogens (tertiary/aromatic N) is 5. The van der Waals surface area contributed by atoms with Crippen molar-refractivity contribution in [2.24, 2.45) is 0 Å². The molecular formula is C26H26N6O2. The molecule has 1 aromatic carbocycles. The molecule has 0 radical (unpaired) electrons. The largest absolute Gasteiger partial charge is 0.334 e. The van der Waals surface area contributed by atoms with Crippen molar-refractivity contribution in [1.29, 1.82) is 0 Å². The third-order valence-electron chi connectivity index (χ3n) is 6.16. The van der Waals surface area contributed by atoms with Gasteiger partial charge in [-0.25, -0.2) is 15.0 Å².